The number of halogens is 1. The molecule has 1 aromatic carbocycles. The van der Waals surface area contributed by atoms with E-state index in [1.165, 1.54) is 16.4 Å². The lowest BCUT2D eigenvalue weighted by molar-refractivity contribution is 0.0687. The summed E-state index contributed by atoms with van der Waals surface area (Å²) in [7, 11) is -3.62. The second kappa shape index (κ2) is 6.54. The van der Waals surface area contributed by atoms with Gasteiger partial charge in [-0.25, -0.2) is 8.42 Å². The van der Waals surface area contributed by atoms with E-state index in [9.17, 15) is 13.2 Å². The molecule has 2 heterocycles. The maximum absolute atomic E-state index is 12.6. The molecule has 0 unspecified atom stereocenters. The second-order valence-electron chi connectivity index (χ2n) is 5.48. The molecule has 1 aliphatic rings. The molecule has 1 fully saturated rings. The molecule has 0 radical (unpaired) electrons. The van der Waals surface area contributed by atoms with Crippen molar-refractivity contribution in [1.29, 1.82) is 0 Å². The molecule has 0 N–H and O–H groups in total. The summed E-state index contributed by atoms with van der Waals surface area (Å²) in [6, 6.07) is 7.72. The highest BCUT2D eigenvalue weighted by atomic mass is 35.5. The van der Waals surface area contributed by atoms with Gasteiger partial charge < -0.3 is 9.42 Å². The molecule has 0 saturated carbocycles. The molecule has 3 rings (SSSR count). The molecule has 7 nitrogen and oxygen atoms in total. The number of carbonyl (C=O) groups is 1. The molecule has 0 spiro atoms. The van der Waals surface area contributed by atoms with Crippen molar-refractivity contribution in [2.75, 3.05) is 26.2 Å². The van der Waals surface area contributed by atoms with Gasteiger partial charge in [0.05, 0.1) is 4.90 Å². The Morgan fingerprint density at radius 1 is 1.21 bits per heavy atom. The van der Waals surface area contributed by atoms with Crippen LogP contribution in [0.25, 0.3) is 0 Å². The Morgan fingerprint density at radius 2 is 1.92 bits per heavy atom. The second-order valence-corrected chi connectivity index (χ2v) is 7.85. The van der Waals surface area contributed by atoms with Gasteiger partial charge in [0.1, 0.15) is 5.76 Å². The molecule has 2 aromatic rings. The van der Waals surface area contributed by atoms with Crippen LogP contribution >= 0.6 is 11.6 Å². The van der Waals surface area contributed by atoms with Crippen LogP contribution in [-0.4, -0.2) is 54.9 Å². The van der Waals surface area contributed by atoms with E-state index >= 15 is 0 Å². The summed E-state index contributed by atoms with van der Waals surface area (Å²) in [6.45, 7) is 2.74. The molecule has 0 bridgehead atoms. The first-order valence-corrected chi connectivity index (χ1v) is 9.18. The lowest BCUT2D eigenvalue weighted by Gasteiger charge is -2.33. The Hall–Kier alpha value is -1.90. The number of nitrogens with zero attached hydrogens (tertiary/aromatic N) is 3. The van der Waals surface area contributed by atoms with Crippen LogP contribution in [0.2, 0.25) is 5.02 Å². The minimum atomic E-state index is -3.62. The van der Waals surface area contributed by atoms with Crippen molar-refractivity contribution < 1.29 is 17.7 Å². The smallest absolute Gasteiger partial charge is 0.276 e. The summed E-state index contributed by atoms with van der Waals surface area (Å²) in [5.74, 6) is 0.298. The fourth-order valence-electron chi connectivity index (χ4n) is 2.54. The highest BCUT2D eigenvalue weighted by Gasteiger charge is 2.31. The Kier molecular flexibility index (Phi) is 4.62. The lowest BCUT2D eigenvalue weighted by atomic mass is 10.3. The monoisotopic (exact) mass is 369 g/mol. The van der Waals surface area contributed by atoms with Gasteiger partial charge in [0.2, 0.25) is 10.0 Å². The minimum absolute atomic E-state index is 0.155. The Bertz CT molecular complexity index is 857. The van der Waals surface area contributed by atoms with Gasteiger partial charge in [-0.3, -0.25) is 4.79 Å². The molecule has 1 saturated heterocycles. The number of sulfonamides is 1. The quantitative estimate of drug-likeness (QED) is 0.823. The highest BCUT2D eigenvalue weighted by molar-refractivity contribution is 7.89. The largest absolute Gasteiger partial charge is 0.361 e. The minimum Gasteiger partial charge on any atom is -0.361 e. The number of carbonyl (C=O) groups excluding carboxylic acids is 1. The standard InChI is InChI=1S/C15H16ClN3O4S/c1-11-9-14(17-23-11)15(20)18-5-7-19(8-6-18)24(21,22)13-4-2-3-12(16)10-13/h2-4,9-10H,5-8H2,1H3. The van der Waals surface area contributed by atoms with E-state index in [0.717, 1.165) is 0 Å². The SMILES string of the molecule is Cc1cc(C(=O)N2CCN(S(=O)(=O)c3cccc(Cl)c3)CC2)no1. The Morgan fingerprint density at radius 3 is 2.50 bits per heavy atom. The van der Waals surface area contributed by atoms with E-state index in [-0.39, 0.29) is 29.6 Å². The number of amides is 1. The average molecular weight is 370 g/mol. The average Bonchev–Trinajstić information content (AvgIpc) is 3.01. The summed E-state index contributed by atoms with van der Waals surface area (Å²) in [4.78, 5) is 14.0. The molecule has 128 valence electrons. The predicted octanol–water partition coefficient (Wildman–Crippen LogP) is 1.78. The first-order chi connectivity index (χ1) is 11.4. The van der Waals surface area contributed by atoms with Gasteiger partial charge in [-0.1, -0.05) is 22.8 Å². The van der Waals surface area contributed by atoms with Crippen LogP contribution < -0.4 is 0 Å². The molecular weight excluding hydrogens is 354 g/mol. The third kappa shape index (κ3) is 3.31. The normalized spacial score (nSPS) is 16.3. The van der Waals surface area contributed by atoms with E-state index in [1.807, 2.05) is 0 Å². The van der Waals surface area contributed by atoms with Gasteiger partial charge in [0, 0.05) is 37.3 Å². The maximum Gasteiger partial charge on any atom is 0.276 e. The van der Waals surface area contributed by atoms with Gasteiger partial charge in [0.15, 0.2) is 5.69 Å². The summed E-state index contributed by atoms with van der Waals surface area (Å²) in [5, 5.41) is 4.07. The Balaban J connectivity index is 1.69. The highest BCUT2D eigenvalue weighted by Crippen LogP contribution is 2.21. The van der Waals surface area contributed by atoms with Crippen LogP contribution in [0, 0.1) is 6.92 Å². The topological polar surface area (TPSA) is 83.7 Å². The van der Waals surface area contributed by atoms with E-state index in [1.54, 1.807) is 30.0 Å². The van der Waals surface area contributed by atoms with E-state index in [2.05, 4.69) is 5.16 Å². The molecule has 1 aromatic heterocycles. The predicted molar refractivity (Wildman–Crippen MR) is 87.4 cm³/mol. The fourth-order valence-corrected chi connectivity index (χ4v) is 4.26. The molecule has 1 amide bonds. The number of hydrogen-bond donors (Lipinski definition) is 0. The molecule has 1 aliphatic heterocycles. The van der Waals surface area contributed by atoms with Crippen molar-refractivity contribution in [2.24, 2.45) is 0 Å². The first-order valence-electron chi connectivity index (χ1n) is 7.36. The fraction of sp³-hybridized carbons (Fsp3) is 0.333. The molecule has 0 atom stereocenters. The third-order valence-corrected chi connectivity index (χ3v) is 5.94. The number of rotatable bonds is 3. The van der Waals surface area contributed by atoms with Gasteiger partial charge in [-0.15, -0.1) is 0 Å². The van der Waals surface area contributed by atoms with Crippen molar-refractivity contribution in [3.63, 3.8) is 0 Å². The van der Waals surface area contributed by atoms with E-state index in [4.69, 9.17) is 16.1 Å². The number of piperazine rings is 1. The van der Waals surface area contributed by atoms with Crippen LogP contribution in [-0.2, 0) is 10.0 Å². The molecule has 24 heavy (non-hydrogen) atoms. The molecule has 9 heteroatoms. The zero-order valence-corrected chi connectivity index (χ0v) is 14.5. The lowest BCUT2D eigenvalue weighted by Crippen LogP contribution is -2.50. The van der Waals surface area contributed by atoms with Crippen molar-refractivity contribution in [2.45, 2.75) is 11.8 Å². The Labute approximate surface area is 144 Å². The molecule has 0 aliphatic carbocycles. The van der Waals surface area contributed by atoms with E-state index < -0.39 is 10.0 Å². The summed E-state index contributed by atoms with van der Waals surface area (Å²) in [6.07, 6.45) is 0. The van der Waals surface area contributed by atoms with E-state index in [0.29, 0.717) is 23.9 Å². The van der Waals surface area contributed by atoms with Crippen molar-refractivity contribution in [3.8, 4) is 0 Å². The third-order valence-electron chi connectivity index (χ3n) is 3.81. The number of hydrogen-bond acceptors (Lipinski definition) is 5. The van der Waals surface area contributed by atoms with Gasteiger partial charge >= 0.3 is 0 Å². The van der Waals surface area contributed by atoms with Gasteiger partial charge in [-0.05, 0) is 25.1 Å². The van der Waals surface area contributed by atoms with Crippen LogP contribution in [0.4, 0.5) is 0 Å². The van der Waals surface area contributed by atoms with Gasteiger partial charge in [-0.2, -0.15) is 4.31 Å². The van der Waals surface area contributed by atoms with Crippen molar-refractivity contribution >= 4 is 27.5 Å². The van der Waals surface area contributed by atoms with Crippen LogP contribution in [0.3, 0.4) is 0 Å². The number of aryl methyl sites for hydroxylation is 1. The summed E-state index contributed by atoms with van der Waals surface area (Å²) in [5.41, 5.74) is 0.235. The van der Waals surface area contributed by atoms with Crippen LogP contribution in [0.15, 0.2) is 39.8 Å². The van der Waals surface area contributed by atoms with Crippen molar-refractivity contribution in [3.05, 3.63) is 46.8 Å². The zero-order chi connectivity index (χ0) is 17.3. The maximum atomic E-state index is 12.6. The van der Waals surface area contributed by atoms with Crippen LogP contribution in [0.5, 0.6) is 0 Å². The summed E-state index contributed by atoms with van der Waals surface area (Å²) < 4.78 is 31.5. The zero-order valence-electron chi connectivity index (χ0n) is 13.0. The van der Waals surface area contributed by atoms with Crippen LogP contribution in [0.1, 0.15) is 16.2 Å². The number of benzene rings is 1. The van der Waals surface area contributed by atoms with Gasteiger partial charge in [0.25, 0.3) is 5.91 Å². The van der Waals surface area contributed by atoms with Crippen molar-refractivity contribution in [1.82, 2.24) is 14.4 Å². The number of aromatic nitrogens is 1. The summed E-state index contributed by atoms with van der Waals surface area (Å²) >= 11 is 5.87. The first kappa shape index (κ1) is 16.9. The molecular formula is C15H16ClN3O4S.